The molecular weight excluding hydrogens is 368 g/mol. The highest BCUT2D eigenvalue weighted by Gasteiger charge is 2.38. The average Bonchev–Trinajstić information content (AvgIpc) is 3.33. The molecule has 0 atom stereocenters. The van der Waals surface area contributed by atoms with Crippen molar-refractivity contribution in [1.29, 1.82) is 0 Å². The average molecular weight is 397 g/mol. The number of carbonyl (C=O) groups is 1. The van der Waals surface area contributed by atoms with E-state index < -0.39 is 16.0 Å². The van der Waals surface area contributed by atoms with Crippen molar-refractivity contribution in [2.75, 3.05) is 13.1 Å². The van der Waals surface area contributed by atoms with Crippen molar-refractivity contribution in [2.45, 2.75) is 62.6 Å². The van der Waals surface area contributed by atoms with Crippen LogP contribution in [-0.4, -0.2) is 55.7 Å². The molecule has 0 aromatic heterocycles. The lowest BCUT2D eigenvalue weighted by molar-refractivity contribution is -0.139. The lowest BCUT2D eigenvalue weighted by Gasteiger charge is -2.42. The topological polar surface area (TPSA) is 95.9 Å². The molecule has 3 rings (SSSR count). The van der Waals surface area contributed by atoms with E-state index in [1.807, 2.05) is 18.7 Å². The van der Waals surface area contributed by atoms with Gasteiger partial charge in [0.25, 0.3) is 0 Å². The summed E-state index contributed by atoms with van der Waals surface area (Å²) in [5, 5.41) is 9.10. The lowest BCUT2D eigenvalue weighted by atomic mass is 9.86. The highest BCUT2D eigenvalue weighted by molar-refractivity contribution is 7.89. The standard InChI is InChI=1S/C19H28N2O5S/c1-13(2)26-17-5-7-18(8-6-17)27(24,25)20-15-9-16(10-15)21(12-19(22)23)11-14-3-4-14/h5-8,13-16,20H,3-4,9-12H2,1-2H3,(H,22,23). The van der Waals surface area contributed by atoms with Crippen LogP contribution in [-0.2, 0) is 14.8 Å². The molecule has 2 fully saturated rings. The summed E-state index contributed by atoms with van der Waals surface area (Å²) in [6.45, 7) is 4.65. The van der Waals surface area contributed by atoms with E-state index in [1.54, 1.807) is 24.3 Å². The van der Waals surface area contributed by atoms with Gasteiger partial charge in [-0.2, -0.15) is 0 Å². The van der Waals surface area contributed by atoms with Gasteiger partial charge in [0.15, 0.2) is 0 Å². The molecule has 0 bridgehead atoms. The van der Waals surface area contributed by atoms with E-state index in [1.165, 1.54) is 0 Å². The zero-order chi connectivity index (χ0) is 19.6. The third-order valence-electron chi connectivity index (χ3n) is 4.99. The molecule has 8 heteroatoms. The first kappa shape index (κ1) is 20.1. The number of sulfonamides is 1. The summed E-state index contributed by atoms with van der Waals surface area (Å²) in [5.41, 5.74) is 0. The molecule has 0 aliphatic heterocycles. The second-order valence-electron chi connectivity index (χ2n) is 7.85. The van der Waals surface area contributed by atoms with Crippen LogP contribution in [0.1, 0.15) is 39.5 Å². The Labute approximate surface area is 160 Å². The molecule has 0 unspecified atom stereocenters. The molecule has 7 nitrogen and oxygen atoms in total. The Morgan fingerprint density at radius 3 is 2.41 bits per heavy atom. The van der Waals surface area contributed by atoms with Gasteiger partial charge in [-0.1, -0.05) is 0 Å². The van der Waals surface area contributed by atoms with Gasteiger partial charge in [0.1, 0.15) is 5.75 Å². The second-order valence-corrected chi connectivity index (χ2v) is 9.56. The van der Waals surface area contributed by atoms with Gasteiger partial charge >= 0.3 is 5.97 Å². The molecule has 0 spiro atoms. The van der Waals surface area contributed by atoms with Crippen molar-refractivity contribution >= 4 is 16.0 Å². The predicted molar refractivity (Wildman–Crippen MR) is 101 cm³/mol. The first-order valence-corrected chi connectivity index (χ1v) is 11.0. The fourth-order valence-corrected chi connectivity index (χ4v) is 4.65. The van der Waals surface area contributed by atoms with E-state index in [4.69, 9.17) is 9.84 Å². The van der Waals surface area contributed by atoms with Crippen molar-refractivity contribution < 1.29 is 23.1 Å². The highest BCUT2D eigenvalue weighted by Crippen LogP contribution is 2.34. The Morgan fingerprint density at radius 1 is 1.26 bits per heavy atom. The monoisotopic (exact) mass is 396 g/mol. The van der Waals surface area contributed by atoms with Crippen LogP contribution in [0.15, 0.2) is 29.2 Å². The molecule has 1 aromatic rings. The molecule has 0 saturated heterocycles. The van der Waals surface area contributed by atoms with Crippen LogP contribution in [0.5, 0.6) is 5.75 Å². The maximum atomic E-state index is 12.6. The van der Waals surface area contributed by atoms with Crippen LogP contribution in [0.4, 0.5) is 0 Å². The largest absolute Gasteiger partial charge is 0.491 e. The maximum Gasteiger partial charge on any atom is 0.317 e. The van der Waals surface area contributed by atoms with Crippen LogP contribution in [0.25, 0.3) is 0 Å². The van der Waals surface area contributed by atoms with E-state index >= 15 is 0 Å². The quantitative estimate of drug-likeness (QED) is 0.629. The number of hydrogen-bond donors (Lipinski definition) is 2. The van der Waals surface area contributed by atoms with E-state index in [9.17, 15) is 13.2 Å². The van der Waals surface area contributed by atoms with Gasteiger partial charge < -0.3 is 9.84 Å². The minimum absolute atomic E-state index is 0.0257. The van der Waals surface area contributed by atoms with Gasteiger partial charge in [-0.25, -0.2) is 13.1 Å². The van der Waals surface area contributed by atoms with Crippen LogP contribution in [0.3, 0.4) is 0 Å². The normalized spacial score (nSPS) is 22.7. The highest BCUT2D eigenvalue weighted by atomic mass is 32.2. The number of nitrogens with zero attached hydrogens (tertiary/aromatic N) is 1. The summed E-state index contributed by atoms with van der Waals surface area (Å²) in [5.74, 6) is 0.409. The zero-order valence-corrected chi connectivity index (χ0v) is 16.6. The first-order chi connectivity index (χ1) is 12.7. The van der Waals surface area contributed by atoms with Crippen molar-refractivity contribution in [3.63, 3.8) is 0 Å². The summed E-state index contributed by atoms with van der Waals surface area (Å²) < 4.78 is 33.4. The molecule has 2 saturated carbocycles. The zero-order valence-electron chi connectivity index (χ0n) is 15.8. The van der Waals surface area contributed by atoms with Crippen LogP contribution < -0.4 is 9.46 Å². The fraction of sp³-hybridized carbons (Fsp3) is 0.632. The Balaban J connectivity index is 1.53. The maximum absolute atomic E-state index is 12.6. The van der Waals surface area contributed by atoms with Crippen molar-refractivity contribution in [3.8, 4) is 5.75 Å². The number of nitrogens with one attached hydrogen (secondary N) is 1. The SMILES string of the molecule is CC(C)Oc1ccc(S(=O)(=O)NC2CC(N(CC(=O)O)CC3CC3)C2)cc1. The summed E-state index contributed by atoms with van der Waals surface area (Å²) in [4.78, 5) is 13.3. The summed E-state index contributed by atoms with van der Waals surface area (Å²) in [7, 11) is -3.59. The van der Waals surface area contributed by atoms with Crippen LogP contribution in [0, 0.1) is 5.92 Å². The molecular formula is C19H28N2O5S. The van der Waals surface area contributed by atoms with Gasteiger partial charge in [-0.05, 0) is 69.7 Å². The summed E-state index contributed by atoms with van der Waals surface area (Å²) in [6.07, 6.45) is 3.65. The van der Waals surface area contributed by atoms with E-state index in [-0.39, 0.29) is 29.6 Å². The molecule has 2 N–H and O–H groups in total. The minimum atomic E-state index is -3.59. The molecule has 1 aromatic carbocycles. The smallest absolute Gasteiger partial charge is 0.317 e. The van der Waals surface area contributed by atoms with E-state index in [0.29, 0.717) is 24.5 Å². The fourth-order valence-electron chi connectivity index (χ4n) is 3.39. The Kier molecular flexibility index (Phi) is 6.08. The molecule has 27 heavy (non-hydrogen) atoms. The lowest BCUT2D eigenvalue weighted by Crippen LogP contribution is -2.55. The number of carboxylic acids is 1. The van der Waals surface area contributed by atoms with Gasteiger partial charge in [0.2, 0.25) is 10.0 Å². The van der Waals surface area contributed by atoms with Crippen molar-refractivity contribution in [3.05, 3.63) is 24.3 Å². The van der Waals surface area contributed by atoms with E-state index in [0.717, 1.165) is 19.4 Å². The van der Waals surface area contributed by atoms with Crippen LogP contribution >= 0.6 is 0 Å². The molecule has 150 valence electrons. The van der Waals surface area contributed by atoms with Crippen LogP contribution in [0.2, 0.25) is 0 Å². The molecule has 2 aliphatic rings. The number of rotatable bonds is 10. The molecule has 0 heterocycles. The molecule has 0 radical (unpaired) electrons. The number of benzene rings is 1. The van der Waals surface area contributed by atoms with Gasteiger partial charge in [-0.15, -0.1) is 0 Å². The van der Waals surface area contributed by atoms with Gasteiger partial charge in [0, 0.05) is 18.6 Å². The number of carboxylic acid groups (broad SMARTS) is 1. The van der Waals surface area contributed by atoms with Crippen molar-refractivity contribution in [2.24, 2.45) is 5.92 Å². The molecule has 2 aliphatic carbocycles. The van der Waals surface area contributed by atoms with Gasteiger partial charge in [-0.3, -0.25) is 9.69 Å². The second kappa shape index (κ2) is 8.16. The Hall–Kier alpha value is -1.64. The number of hydrogen-bond acceptors (Lipinski definition) is 5. The Morgan fingerprint density at radius 2 is 1.89 bits per heavy atom. The predicted octanol–water partition coefficient (Wildman–Crippen LogP) is 2.08. The first-order valence-electron chi connectivity index (χ1n) is 9.48. The van der Waals surface area contributed by atoms with E-state index in [2.05, 4.69) is 4.72 Å². The van der Waals surface area contributed by atoms with Crippen molar-refractivity contribution in [1.82, 2.24) is 9.62 Å². The third kappa shape index (κ3) is 5.67. The molecule has 0 amide bonds. The number of ether oxygens (including phenoxy) is 1. The Bertz CT molecular complexity index is 753. The van der Waals surface area contributed by atoms with Gasteiger partial charge in [0.05, 0.1) is 17.5 Å². The number of aliphatic carboxylic acids is 1. The summed E-state index contributed by atoms with van der Waals surface area (Å²) in [6, 6.07) is 6.38. The summed E-state index contributed by atoms with van der Waals surface area (Å²) >= 11 is 0. The third-order valence-corrected chi connectivity index (χ3v) is 6.52. The minimum Gasteiger partial charge on any atom is -0.491 e.